The predicted molar refractivity (Wildman–Crippen MR) is 58.3 cm³/mol. The fourth-order valence-corrected chi connectivity index (χ4v) is 2.25. The van der Waals surface area contributed by atoms with Gasteiger partial charge in [0.2, 0.25) is 0 Å². The van der Waals surface area contributed by atoms with Gasteiger partial charge in [-0.2, -0.15) is 0 Å². The van der Waals surface area contributed by atoms with Gasteiger partial charge in [0.25, 0.3) is 0 Å². The number of para-hydroxylation sites is 1. The topological polar surface area (TPSA) is 27.8 Å². The molecule has 2 aromatic rings. The van der Waals surface area contributed by atoms with Crippen molar-refractivity contribution in [2.24, 2.45) is 0 Å². The highest BCUT2D eigenvalue weighted by atomic mass is 15.0. The normalized spacial score (nSPS) is 18.6. The van der Waals surface area contributed by atoms with Crippen LogP contribution < -0.4 is 5.32 Å². The van der Waals surface area contributed by atoms with Crippen LogP contribution in [0.25, 0.3) is 10.9 Å². The minimum atomic E-state index is 0.263. The molecule has 0 saturated heterocycles. The van der Waals surface area contributed by atoms with Gasteiger partial charge in [-0.25, -0.2) is 0 Å². The van der Waals surface area contributed by atoms with Crippen LogP contribution in [0.1, 0.15) is 18.4 Å². The quantitative estimate of drug-likeness (QED) is 0.740. The second kappa shape index (κ2) is 2.61. The zero-order valence-corrected chi connectivity index (χ0v) is 8.30. The van der Waals surface area contributed by atoms with Crippen LogP contribution in [0.15, 0.2) is 30.5 Å². The van der Waals surface area contributed by atoms with E-state index in [4.69, 9.17) is 0 Å². The van der Waals surface area contributed by atoms with Crippen molar-refractivity contribution in [2.75, 3.05) is 7.05 Å². The molecule has 2 N–H and O–H groups in total. The third-order valence-electron chi connectivity index (χ3n) is 3.33. The number of benzene rings is 1. The molecule has 1 aromatic carbocycles. The molecular weight excluding hydrogens is 172 g/mol. The summed E-state index contributed by atoms with van der Waals surface area (Å²) in [7, 11) is 2.05. The van der Waals surface area contributed by atoms with Crippen LogP contribution in [0.3, 0.4) is 0 Å². The van der Waals surface area contributed by atoms with Crippen molar-refractivity contribution in [3.8, 4) is 0 Å². The maximum Gasteiger partial charge on any atom is 0.0457 e. The maximum atomic E-state index is 3.43. The van der Waals surface area contributed by atoms with E-state index in [2.05, 4.69) is 47.8 Å². The Morgan fingerprint density at radius 1 is 1.29 bits per heavy atom. The SMILES string of the molecule is CNC1(c2c[nH]c3ccccc23)CC1. The first-order valence-corrected chi connectivity index (χ1v) is 5.11. The fraction of sp³-hybridized carbons (Fsp3) is 0.333. The summed E-state index contributed by atoms with van der Waals surface area (Å²) in [5, 5.41) is 4.79. The first-order chi connectivity index (χ1) is 6.86. The third-order valence-corrected chi connectivity index (χ3v) is 3.33. The molecule has 0 radical (unpaired) electrons. The van der Waals surface area contributed by atoms with E-state index in [0.29, 0.717) is 0 Å². The lowest BCUT2D eigenvalue weighted by Gasteiger charge is -2.12. The number of H-pyrrole nitrogens is 1. The Kier molecular flexibility index (Phi) is 1.50. The molecule has 2 heteroatoms. The van der Waals surface area contributed by atoms with Gasteiger partial charge in [-0.3, -0.25) is 0 Å². The summed E-state index contributed by atoms with van der Waals surface area (Å²) in [5.41, 5.74) is 2.93. The number of rotatable bonds is 2. The van der Waals surface area contributed by atoms with Crippen LogP contribution in [-0.2, 0) is 5.54 Å². The average molecular weight is 186 g/mol. The van der Waals surface area contributed by atoms with Gasteiger partial charge in [0.15, 0.2) is 0 Å². The summed E-state index contributed by atoms with van der Waals surface area (Å²) in [6, 6.07) is 8.50. The number of hydrogen-bond acceptors (Lipinski definition) is 1. The van der Waals surface area contributed by atoms with Crippen LogP contribution in [0.5, 0.6) is 0 Å². The maximum absolute atomic E-state index is 3.43. The highest BCUT2D eigenvalue weighted by molar-refractivity contribution is 5.84. The van der Waals surface area contributed by atoms with Crippen LogP contribution in [0.4, 0.5) is 0 Å². The van der Waals surface area contributed by atoms with E-state index in [1.807, 2.05) is 0 Å². The number of aromatic nitrogens is 1. The van der Waals surface area contributed by atoms with Gasteiger partial charge < -0.3 is 10.3 Å². The van der Waals surface area contributed by atoms with Gasteiger partial charge in [0.1, 0.15) is 0 Å². The summed E-state index contributed by atoms with van der Waals surface area (Å²) in [6.45, 7) is 0. The van der Waals surface area contributed by atoms with Crippen LogP contribution >= 0.6 is 0 Å². The molecule has 0 bridgehead atoms. The Bertz CT molecular complexity index is 466. The van der Waals surface area contributed by atoms with E-state index in [1.54, 1.807) is 0 Å². The molecule has 0 amide bonds. The van der Waals surface area contributed by atoms with Crippen molar-refractivity contribution in [2.45, 2.75) is 18.4 Å². The van der Waals surface area contributed by atoms with Gasteiger partial charge in [-0.05, 0) is 31.5 Å². The van der Waals surface area contributed by atoms with E-state index in [9.17, 15) is 0 Å². The second-order valence-corrected chi connectivity index (χ2v) is 4.08. The Morgan fingerprint density at radius 3 is 2.79 bits per heavy atom. The number of aromatic amines is 1. The fourth-order valence-electron chi connectivity index (χ4n) is 2.25. The lowest BCUT2D eigenvalue weighted by atomic mass is 10.0. The molecule has 14 heavy (non-hydrogen) atoms. The van der Waals surface area contributed by atoms with Crippen molar-refractivity contribution < 1.29 is 0 Å². The standard InChI is InChI=1S/C12H14N2/c1-13-12(6-7-12)10-8-14-11-5-3-2-4-9(10)11/h2-5,8,13-14H,6-7H2,1H3. The van der Waals surface area contributed by atoms with Crippen molar-refractivity contribution in [3.05, 3.63) is 36.0 Å². The van der Waals surface area contributed by atoms with Crippen molar-refractivity contribution in [3.63, 3.8) is 0 Å². The molecule has 0 aliphatic heterocycles. The van der Waals surface area contributed by atoms with Gasteiger partial charge >= 0.3 is 0 Å². The number of nitrogens with one attached hydrogen (secondary N) is 2. The highest BCUT2D eigenvalue weighted by Gasteiger charge is 2.44. The molecule has 1 fully saturated rings. The molecule has 1 saturated carbocycles. The Hall–Kier alpha value is -1.28. The van der Waals surface area contributed by atoms with Crippen LogP contribution in [0, 0.1) is 0 Å². The first kappa shape index (κ1) is 8.06. The van der Waals surface area contributed by atoms with Gasteiger partial charge in [0, 0.05) is 22.6 Å². The minimum absolute atomic E-state index is 0.263. The zero-order chi connectivity index (χ0) is 9.60. The molecule has 72 valence electrons. The smallest absolute Gasteiger partial charge is 0.0457 e. The Balaban J connectivity index is 2.22. The van der Waals surface area contributed by atoms with Crippen LogP contribution in [-0.4, -0.2) is 12.0 Å². The minimum Gasteiger partial charge on any atom is -0.361 e. The van der Waals surface area contributed by atoms with E-state index in [-0.39, 0.29) is 5.54 Å². The van der Waals surface area contributed by atoms with Crippen molar-refractivity contribution in [1.82, 2.24) is 10.3 Å². The summed E-state index contributed by atoms with van der Waals surface area (Å²) >= 11 is 0. The van der Waals surface area contributed by atoms with E-state index in [1.165, 1.54) is 29.3 Å². The molecule has 1 aliphatic rings. The van der Waals surface area contributed by atoms with Gasteiger partial charge in [-0.1, -0.05) is 18.2 Å². The van der Waals surface area contributed by atoms with E-state index < -0.39 is 0 Å². The van der Waals surface area contributed by atoms with Crippen molar-refractivity contribution >= 4 is 10.9 Å². The number of fused-ring (bicyclic) bond motifs is 1. The average Bonchev–Trinajstić information content (AvgIpc) is 2.91. The lowest BCUT2D eigenvalue weighted by molar-refractivity contribution is 0.590. The Morgan fingerprint density at radius 2 is 2.07 bits per heavy atom. The van der Waals surface area contributed by atoms with Gasteiger partial charge in [0.05, 0.1) is 0 Å². The van der Waals surface area contributed by atoms with Crippen LogP contribution in [0.2, 0.25) is 0 Å². The monoisotopic (exact) mass is 186 g/mol. The molecular formula is C12H14N2. The highest BCUT2D eigenvalue weighted by Crippen LogP contribution is 2.47. The summed E-state index contributed by atoms with van der Waals surface area (Å²) < 4.78 is 0. The molecule has 1 heterocycles. The lowest BCUT2D eigenvalue weighted by Crippen LogP contribution is -2.23. The van der Waals surface area contributed by atoms with Gasteiger partial charge in [-0.15, -0.1) is 0 Å². The van der Waals surface area contributed by atoms with E-state index >= 15 is 0 Å². The molecule has 1 aliphatic carbocycles. The molecule has 3 rings (SSSR count). The predicted octanol–water partition coefficient (Wildman–Crippen LogP) is 2.38. The summed E-state index contributed by atoms with van der Waals surface area (Å²) in [4.78, 5) is 3.33. The third kappa shape index (κ3) is 0.946. The first-order valence-electron chi connectivity index (χ1n) is 5.11. The van der Waals surface area contributed by atoms with Crippen molar-refractivity contribution in [1.29, 1.82) is 0 Å². The largest absolute Gasteiger partial charge is 0.361 e. The summed E-state index contributed by atoms with van der Waals surface area (Å²) in [5.74, 6) is 0. The van der Waals surface area contributed by atoms with E-state index in [0.717, 1.165) is 0 Å². The molecule has 2 nitrogen and oxygen atoms in total. The molecule has 0 spiro atoms. The molecule has 1 aromatic heterocycles. The zero-order valence-electron chi connectivity index (χ0n) is 8.30. The molecule has 0 unspecified atom stereocenters. The molecule has 0 atom stereocenters. The second-order valence-electron chi connectivity index (χ2n) is 4.08. The summed E-state index contributed by atoms with van der Waals surface area (Å²) in [6.07, 6.45) is 4.66. The Labute approximate surface area is 83.3 Å². The number of hydrogen-bond donors (Lipinski definition) is 2.